The number of hydrogen-bond donors (Lipinski definition) is 2. The van der Waals surface area contributed by atoms with Crippen LogP contribution in [-0.2, 0) is 0 Å². The number of oxime groups is 1. The van der Waals surface area contributed by atoms with E-state index >= 15 is 0 Å². The molecular weight excluding hydrogens is 216 g/mol. The molecule has 2 unspecified atom stereocenters. The summed E-state index contributed by atoms with van der Waals surface area (Å²) in [5.74, 6) is 0.335. The van der Waals surface area contributed by atoms with E-state index in [1.54, 1.807) is 0 Å². The molecule has 0 saturated carbocycles. The minimum absolute atomic E-state index is 0.335. The van der Waals surface area contributed by atoms with E-state index in [0.717, 1.165) is 19.1 Å². The second-order valence-electron chi connectivity index (χ2n) is 5.32. The molecule has 0 radical (unpaired) electrons. The summed E-state index contributed by atoms with van der Waals surface area (Å²) in [6.45, 7) is 6.98. The van der Waals surface area contributed by atoms with E-state index in [-0.39, 0.29) is 0 Å². The Hall–Kier alpha value is -0.810. The largest absolute Gasteiger partial charge is 0.409 e. The van der Waals surface area contributed by atoms with Crippen molar-refractivity contribution in [3.63, 3.8) is 0 Å². The normalized spacial score (nSPS) is 29.9. The van der Waals surface area contributed by atoms with Crippen LogP contribution in [0, 0.1) is 0 Å². The average Bonchev–Trinajstić information content (AvgIpc) is 2.98. The van der Waals surface area contributed by atoms with Crippen LogP contribution in [0.5, 0.6) is 0 Å². The summed E-state index contributed by atoms with van der Waals surface area (Å²) < 4.78 is 0. The van der Waals surface area contributed by atoms with Crippen molar-refractivity contribution in [2.45, 2.75) is 44.7 Å². The molecule has 98 valence electrons. The lowest BCUT2D eigenvalue weighted by Crippen LogP contribution is -2.39. The predicted octanol–water partition coefficient (Wildman–Crippen LogP) is 0.682. The number of nitrogens with two attached hydrogens (primary N) is 1. The first kappa shape index (κ1) is 12.6. The van der Waals surface area contributed by atoms with Crippen LogP contribution in [-0.4, -0.2) is 59.1 Å². The van der Waals surface area contributed by atoms with Crippen LogP contribution in [0.15, 0.2) is 5.16 Å². The maximum Gasteiger partial charge on any atom is 0.140 e. The van der Waals surface area contributed by atoms with Gasteiger partial charge in [0, 0.05) is 31.6 Å². The first-order valence-corrected chi connectivity index (χ1v) is 6.65. The second kappa shape index (κ2) is 5.69. The molecule has 0 aromatic heterocycles. The van der Waals surface area contributed by atoms with Gasteiger partial charge in [-0.1, -0.05) is 5.16 Å². The molecule has 2 atom stereocenters. The highest BCUT2D eigenvalue weighted by Gasteiger charge is 2.31. The molecular formula is C12H24N4O. The van der Waals surface area contributed by atoms with Gasteiger partial charge in [0.05, 0.1) is 0 Å². The van der Waals surface area contributed by atoms with Crippen molar-refractivity contribution >= 4 is 5.84 Å². The minimum atomic E-state index is 0.335. The third kappa shape index (κ3) is 3.10. The molecule has 2 aliphatic heterocycles. The summed E-state index contributed by atoms with van der Waals surface area (Å²) in [6.07, 6.45) is 4.63. The standard InChI is InChI=1S/C12H24N4O/c1-10(8-12(13)14-17)16-7-4-11(9-16)15-5-2-3-6-15/h10-11,17H,2-9H2,1H3,(H2,13,14). The fourth-order valence-electron chi connectivity index (χ4n) is 3.05. The van der Waals surface area contributed by atoms with E-state index in [9.17, 15) is 0 Å². The zero-order valence-corrected chi connectivity index (χ0v) is 10.7. The number of rotatable bonds is 4. The van der Waals surface area contributed by atoms with E-state index in [4.69, 9.17) is 10.9 Å². The highest BCUT2D eigenvalue weighted by Crippen LogP contribution is 2.22. The van der Waals surface area contributed by atoms with Gasteiger partial charge in [0.25, 0.3) is 0 Å². The van der Waals surface area contributed by atoms with Gasteiger partial charge in [-0.3, -0.25) is 9.80 Å². The highest BCUT2D eigenvalue weighted by molar-refractivity contribution is 5.80. The van der Waals surface area contributed by atoms with E-state index in [0.29, 0.717) is 18.3 Å². The molecule has 2 saturated heterocycles. The fraction of sp³-hybridized carbons (Fsp3) is 0.917. The van der Waals surface area contributed by atoms with Gasteiger partial charge < -0.3 is 10.9 Å². The summed E-state index contributed by atoms with van der Waals surface area (Å²) >= 11 is 0. The molecule has 2 fully saturated rings. The zero-order valence-electron chi connectivity index (χ0n) is 10.7. The van der Waals surface area contributed by atoms with Crippen LogP contribution < -0.4 is 5.73 Å². The number of hydrogen-bond acceptors (Lipinski definition) is 4. The molecule has 2 heterocycles. The van der Waals surface area contributed by atoms with Gasteiger partial charge in [0.2, 0.25) is 0 Å². The van der Waals surface area contributed by atoms with Crippen molar-refractivity contribution in [3.05, 3.63) is 0 Å². The van der Waals surface area contributed by atoms with Crippen molar-refractivity contribution in [2.24, 2.45) is 10.9 Å². The molecule has 0 aromatic rings. The molecule has 2 rings (SSSR count). The van der Waals surface area contributed by atoms with Crippen molar-refractivity contribution in [1.29, 1.82) is 0 Å². The second-order valence-corrected chi connectivity index (χ2v) is 5.32. The van der Waals surface area contributed by atoms with Crippen molar-refractivity contribution in [1.82, 2.24) is 9.80 Å². The molecule has 0 aliphatic carbocycles. The summed E-state index contributed by atoms with van der Waals surface area (Å²) in [5, 5.41) is 11.6. The number of likely N-dealkylation sites (tertiary alicyclic amines) is 2. The molecule has 0 amide bonds. The van der Waals surface area contributed by atoms with Crippen molar-refractivity contribution < 1.29 is 5.21 Å². The van der Waals surface area contributed by atoms with Gasteiger partial charge in [-0.2, -0.15) is 0 Å². The Balaban J connectivity index is 1.80. The van der Waals surface area contributed by atoms with Crippen LogP contribution in [0.3, 0.4) is 0 Å². The van der Waals surface area contributed by atoms with Gasteiger partial charge in [0.1, 0.15) is 5.84 Å². The van der Waals surface area contributed by atoms with Gasteiger partial charge in [-0.05, 0) is 39.3 Å². The van der Waals surface area contributed by atoms with Gasteiger partial charge >= 0.3 is 0 Å². The Kier molecular flexibility index (Phi) is 4.23. The van der Waals surface area contributed by atoms with E-state index in [2.05, 4.69) is 21.9 Å². The molecule has 5 nitrogen and oxygen atoms in total. The van der Waals surface area contributed by atoms with Crippen LogP contribution in [0.1, 0.15) is 32.6 Å². The maximum atomic E-state index is 8.59. The first-order chi connectivity index (χ1) is 8.20. The summed E-state index contributed by atoms with van der Waals surface area (Å²) in [4.78, 5) is 5.08. The van der Waals surface area contributed by atoms with Crippen LogP contribution in [0.2, 0.25) is 0 Å². The molecule has 0 spiro atoms. The van der Waals surface area contributed by atoms with Crippen LogP contribution >= 0.6 is 0 Å². The SMILES string of the molecule is CC(CC(N)=NO)N1CCC(N2CCCC2)C1. The monoisotopic (exact) mass is 240 g/mol. The molecule has 3 N–H and O–H groups in total. The fourth-order valence-corrected chi connectivity index (χ4v) is 3.05. The van der Waals surface area contributed by atoms with E-state index < -0.39 is 0 Å². The molecule has 17 heavy (non-hydrogen) atoms. The Morgan fingerprint density at radius 1 is 1.41 bits per heavy atom. The third-order valence-electron chi connectivity index (χ3n) is 4.11. The first-order valence-electron chi connectivity index (χ1n) is 6.65. The van der Waals surface area contributed by atoms with E-state index in [1.165, 1.54) is 32.4 Å². The van der Waals surface area contributed by atoms with Crippen molar-refractivity contribution in [2.75, 3.05) is 26.2 Å². The van der Waals surface area contributed by atoms with Crippen LogP contribution in [0.25, 0.3) is 0 Å². The predicted molar refractivity (Wildman–Crippen MR) is 68.3 cm³/mol. The lowest BCUT2D eigenvalue weighted by atomic mass is 10.2. The van der Waals surface area contributed by atoms with Gasteiger partial charge in [0.15, 0.2) is 0 Å². The topological polar surface area (TPSA) is 65.1 Å². The Bertz CT molecular complexity index is 276. The minimum Gasteiger partial charge on any atom is -0.409 e. The molecule has 0 aromatic carbocycles. The lowest BCUT2D eigenvalue weighted by Gasteiger charge is -2.26. The van der Waals surface area contributed by atoms with Crippen molar-refractivity contribution in [3.8, 4) is 0 Å². The highest BCUT2D eigenvalue weighted by atomic mass is 16.4. The average molecular weight is 240 g/mol. The summed E-state index contributed by atoms with van der Waals surface area (Å²) in [5.41, 5.74) is 5.56. The summed E-state index contributed by atoms with van der Waals surface area (Å²) in [6, 6.07) is 1.10. The Morgan fingerprint density at radius 3 is 2.76 bits per heavy atom. The molecule has 5 heteroatoms. The number of nitrogens with zero attached hydrogens (tertiary/aromatic N) is 3. The number of amidine groups is 1. The lowest BCUT2D eigenvalue weighted by molar-refractivity contribution is 0.208. The third-order valence-corrected chi connectivity index (χ3v) is 4.11. The molecule has 2 aliphatic rings. The smallest absolute Gasteiger partial charge is 0.140 e. The zero-order chi connectivity index (χ0) is 12.3. The quantitative estimate of drug-likeness (QED) is 0.328. The summed E-state index contributed by atoms with van der Waals surface area (Å²) in [7, 11) is 0. The Morgan fingerprint density at radius 2 is 2.12 bits per heavy atom. The van der Waals surface area contributed by atoms with Gasteiger partial charge in [-0.25, -0.2) is 0 Å². The van der Waals surface area contributed by atoms with Crippen LogP contribution in [0.4, 0.5) is 0 Å². The van der Waals surface area contributed by atoms with Gasteiger partial charge in [-0.15, -0.1) is 0 Å². The molecule has 0 bridgehead atoms. The Labute approximate surface area is 103 Å². The van der Waals surface area contributed by atoms with E-state index in [1.807, 2.05) is 0 Å². The maximum absolute atomic E-state index is 8.59.